The minimum Gasteiger partial charge on any atom is -0.496 e. The third-order valence-electron chi connectivity index (χ3n) is 3.15. The number of aryl methyl sites for hydroxylation is 2. The van der Waals surface area contributed by atoms with Gasteiger partial charge in [0.2, 0.25) is 0 Å². The van der Waals surface area contributed by atoms with Crippen molar-refractivity contribution in [2.24, 2.45) is 0 Å². The zero-order chi connectivity index (χ0) is 14.0. The van der Waals surface area contributed by atoms with Crippen LogP contribution in [-0.4, -0.2) is 7.11 Å². The summed E-state index contributed by atoms with van der Waals surface area (Å²) in [7, 11) is 1.69. The number of methoxy groups -OCH3 is 1. The van der Waals surface area contributed by atoms with Crippen molar-refractivity contribution in [2.75, 3.05) is 7.11 Å². The van der Waals surface area contributed by atoms with E-state index in [2.05, 4.69) is 35.0 Å². The number of benzene rings is 2. The highest BCUT2D eigenvalue weighted by Gasteiger charge is 2.16. The fourth-order valence-electron chi connectivity index (χ4n) is 2.00. The molecule has 0 aromatic heterocycles. The molecule has 2 rings (SSSR count). The minimum absolute atomic E-state index is 0.0699. The summed E-state index contributed by atoms with van der Waals surface area (Å²) in [5.74, 6) is 0.879. The van der Waals surface area contributed by atoms with Crippen LogP contribution in [0.25, 0.3) is 0 Å². The highest BCUT2D eigenvalue weighted by molar-refractivity contribution is 9.09. The summed E-state index contributed by atoms with van der Waals surface area (Å²) in [6.45, 7) is 4.08. The standard InChI is InChI=1S/C16H16BrClO/c1-10-4-7-15(19-3)13(8-10)16(17)12-6-5-11(2)14(18)9-12/h4-9,16H,1-3H3. The molecule has 1 unspecified atom stereocenters. The molecule has 3 heteroatoms. The van der Waals surface area contributed by atoms with E-state index >= 15 is 0 Å². The molecule has 19 heavy (non-hydrogen) atoms. The lowest BCUT2D eigenvalue weighted by Gasteiger charge is -2.16. The lowest BCUT2D eigenvalue weighted by atomic mass is 10.0. The Kier molecular flexibility index (Phi) is 4.54. The monoisotopic (exact) mass is 338 g/mol. The number of hydrogen-bond donors (Lipinski definition) is 0. The highest BCUT2D eigenvalue weighted by Crippen LogP contribution is 2.38. The minimum atomic E-state index is 0.0699. The van der Waals surface area contributed by atoms with Crippen molar-refractivity contribution in [3.63, 3.8) is 0 Å². The van der Waals surface area contributed by atoms with Crippen LogP contribution in [-0.2, 0) is 0 Å². The van der Waals surface area contributed by atoms with Gasteiger partial charge < -0.3 is 4.74 Å². The van der Waals surface area contributed by atoms with Gasteiger partial charge in [0.15, 0.2) is 0 Å². The van der Waals surface area contributed by atoms with E-state index < -0.39 is 0 Å². The average molecular weight is 340 g/mol. The van der Waals surface area contributed by atoms with E-state index in [9.17, 15) is 0 Å². The second-order valence-electron chi connectivity index (χ2n) is 4.62. The maximum atomic E-state index is 6.20. The van der Waals surface area contributed by atoms with Crippen LogP contribution in [0, 0.1) is 13.8 Å². The van der Waals surface area contributed by atoms with Crippen LogP contribution in [0.15, 0.2) is 36.4 Å². The van der Waals surface area contributed by atoms with Crippen LogP contribution in [0.5, 0.6) is 5.75 Å². The third kappa shape index (κ3) is 3.13. The molecule has 2 aromatic carbocycles. The molecular formula is C16H16BrClO. The SMILES string of the molecule is COc1ccc(C)cc1C(Br)c1ccc(C)c(Cl)c1. The quantitative estimate of drug-likeness (QED) is 0.676. The van der Waals surface area contributed by atoms with E-state index in [0.717, 1.165) is 27.5 Å². The Morgan fingerprint density at radius 3 is 2.47 bits per heavy atom. The molecule has 0 spiro atoms. The number of alkyl halides is 1. The second-order valence-corrected chi connectivity index (χ2v) is 5.94. The van der Waals surface area contributed by atoms with Gasteiger partial charge in [0.1, 0.15) is 5.75 Å². The Morgan fingerprint density at radius 1 is 1.11 bits per heavy atom. The molecule has 0 radical (unpaired) electrons. The zero-order valence-corrected chi connectivity index (χ0v) is 13.5. The Hall–Kier alpha value is -0.990. The van der Waals surface area contributed by atoms with Crippen molar-refractivity contribution in [3.8, 4) is 5.75 Å². The Morgan fingerprint density at radius 2 is 1.84 bits per heavy atom. The second kappa shape index (κ2) is 5.98. The van der Waals surface area contributed by atoms with Gasteiger partial charge >= 0.3 is 0 Å². The first-order valence-corrected chi connectivity index (χ1v) is 7.37. The van der Waals surface area contributed by atoms with E-state index in [1.165, 1.54) is 5.56 Å². The maximum Gasteiger partial charge on any atom is 0.123 e. The van der Waals surface area contributed by atoms with Crippen molar-refractivity contribution in [1.29, 1.82) is 0 Å². The largest absolute Gasteiger partial charge is 0.496 e. The molecule has 0 saturated carbocycles. The smallest absolute Gasteiger partial charge is 0.123 e. The zero-order valence-electron chi connectivity index (χ0n) is 11.2. The van der Waals surface area contributed by atoms with Gasteiger partial charge in [-0.25, -0.2) is 0 Å². The highest BCUT2D eigenvalue weighted by atomic mass is 79.9. The van der Waals surface area contributed by atoms with Crippen molar-refractivity contribution in [1.82, 2.24) is 0 Å². The van der Waals surface area contributed by atoms with E-state index in [-0.39, 0.29) is 4.83 Å². The molecule has 1 atom stereocenters. The van der Waals surface area contributed by atoms with Crippen LogP contribution in [0.1, 0.15) is 27.1 Å². The van der Waals surface area contributed by atoms with Gasteiger partial charge in [0.25, 0.3) is 0 Å². The molecule has 0 fully saturated rings. The molecule has 1 nitrogen and oxygen atoms in total. The van der Waals surface area contributed by atoms with Crippen molar-refractivity contribution >= 4 is 27.5 Å². The van der Waals surface area contributed by atoms with Gasteiger partial charge in [-0.2, -0.15) is 0 Å². The van der Waals surface area contributed by atoms with E-state index in [1.807, 2.05) is 31.2 Å². The fraction of sp³-hybridized carbons (Fsp3) is 0.250. The Balaban J connectivity index is 2.45. The number of halogens is 2. The van der Waals surface area contributed by atoms with Gasteiger partial charge in [-0.15, -0.1) is 0 Å². The van der Waals surface area contributed by atoms with Gasteiger partial charge in [-0.3, -0.25) is 0 Å². The van der Waals surface area contributed by atoms with Gasteiger partial charge in [0, 0.05) is 10.6 Å². The normalized spacial score (nSPS) is 12.3. The Labute approximate surface area is 127 Å². The van der Waals surface area contributed by atoms with Crippen molar-refractivity contribution < 1.29 is 4.74 Å². The van der Waals surface area contributed by atoms with Gasteiger partial charge in [0.05, 0.1) is 11.9 Å². The molecule has 0 amide bonds. The average Bonchev–Trinajstić information content (AvgIpc) is 2.41. The van der Waals surface area contributed by atoms with E-state index in [4.69, 9.17) is 16.3 Å². The summed E-state index contributed by atoms with van der Waals surface area (Å²) < 4.78 is 5.43. The summed E-state index contributed by atoms with van der Waals surface area (Å²) >= 11 is 9.94. The number of rotatable bonds is 3. The van der Waals surface area contributed by atoms with E-state index in [1.54, 1.807) is 7.11 Å². The molecule has 0 aliphatic carbocycles. The first-order chi connectivity index (χ1) is 9.02. The van der Waals surface area contributed by atoms with Crippen molar-refractivity contribution in [2.45, 2.75) is 18.7 Å². The molecule has 0 bridgehead atoms. The molecule has 100 valence electrons. The molecule has 0 heterocycles. The van der Waals surface area contributed by atoms with Gasteiger partial charge in [-0.1, -0.05) is 57.4 Å². The predicted octanol–water partition coefficient (Wildman–Crippen LogP) is 5.45. The summed E-state index contributed by atoms with van der Waals surface area (Å²) in [5, 5.41) is 0.786. The van der Waals surface area contributed by atoms with E-state index in [0.29, 0.717) is 0 Å². The number of ether oxygens (including phenoxy) is 1. The summed E-state index contributed by atoms with van der Waals surface area (Å²) in [5.41, 5.74) is 4.53. The third-order valence-corrected chi connectivity index (χ3v) is 4.58. The fourth-order valence-corrected chi connectivity index (χ4v) is 2.83. The summed E-state index contributed by atoms with van der Waals surface area (Å²) in [6.07, 6.45) is 0. The molecule has 2 aromatic rings. The Bertz CT molecular complexity index is 595. The predicted molar refractivity (Wildman–Crippen MR) is 84.7 cm³/mol. The molecule has 0 aliphatic rings. The van der Waals surface area contributed by atoms with Gasteiger partial charge in [-0.05, 0) is 37.1 Å². The molecule has 0 saturated heterocycles. The summed E-state index contributed by atoms with van der Waals surface area (Å²) in [6, 6.07) is 12.3. The molecular weight excluding hydrogens is 324 g/mol. The lowest BCUT2D eigenvalue weighted by molar-refractivity contribution is 0.410. The first kappa shape index (κ1) is 14.4. The topological polar surface area (TPSA) is 9.23 Å². The van der Waals surface area contributed by atoms with Crippen LogP contribution < -0.4 is 4.74 Å². The van der Waals surface area contributed by atoms with Crippen LogP contribution in [0.4, 0.5) is 0 Å². The molecule has 0 N–H and O–H groups in total. The lowest BCUT2D eigenvalue weighted by Crippen LogP contribution is -1.98. The maximum absolute atomic E-state index is 6.20. The first-order valence-electron chi connectivity index (χ1n) is 6.07. The van der Waals surface area contributed by atoms with Crippen molar-refractivity contribution in [3.05, 3.63) is 63.7 Å². The van der Waals surface area contributed by atoms with Crippen LogP contribution in [0.3, 0.4) is 0 Å². The number of hydrogen-bond acceptors (Lipinski definition) is 1. The summed E-state index contributed by atoms with van der Waals surface area (Å²) in [4.78, 5) is 0.0699. The molecule has 0 aliphatic heterocycles. The van der Waals surface area contributed by atoms with Crippen LogP contribution in [0.2, 0.25) is 5.02 Å². The van der Waals surface area contributed by atoms with Crippen LogP contribution >= 0.6 is 27.5 Å².